The summed E-state index contributed by atoms with van der Waals surface area (Å²) in [6.07, 6.45) is 13.5. The Balaban J connectivity index is 1.28. The molecule has 0 spiro atoms. The van der Waals surface area contributed by atoms with Crippen LogP contribution in [0.2, 0.25) is 0 Å². The van der Waals surface area contributed by atoms with Crippen molar-refractivity contribution in [1.29, 1.82) is 0 Å². The van der Waals surface area contributed by atoms with Gasteiger partial charge in [-0.25, -0.2) is 0 Å². The molecule has 0 bridgehead atoms. The largest absolute Gasteiger partial charge is 0.379 e. The minimum Gasteiger partial charge on any atom is -0.379 e. The molecule has 0 aromatic rings. The molecule has 0 aromatic carbocycles. The number of hydrogen-bond acceptors (Lipinski definition) is 12. The molecule has 1 fully saturated rings. The molecule has 0 saturated carbocycles. The highest BCUT2D eigenvalue weighted by molar-refractivity contribution is 6.05. The summed E-state index contributed by atoms with van der Waals surface area (Å²) < 4.78 is 43.4. The maximum absolute atomic E-state index is 12.8. The maximum atomic E-state index is 12.8. The summed E-state index contributed by atoms with van der Waals surface area (Å²) in [5, 5.41) is 2.74. The Kier molecular flexibility index (Phi) is 24.7. The molecule has 2 rings (SSSR count). The molecule has 3 amide bonds. The van der Waals surface area contributed by atoms with E-state index in [1.807, 2.05) is 42.5 Å². The van der Waals surface area contributed by atoms with E-state index in [1.165, 1.54) is 4.90 Å². The van der Waals surface area contributed by atoms with Crippen LogP contribution in [0, 0.1) is 5.92 Å². The van der Waals surface area contributed by atoms with Crippen molar-refractivity contribution in [3.05, 3.63) is 48.1 Å². The number of nitrogens with zero attached hydrogens (tertiary/aromatic N) is 1. The quantitative estimate of drug-likeness (QED) is 0.0827. The summed E-state index contributed by atoms with van der Waals surface area (Å²) in [5.74, 6) is -1.18. The zero-order valence-electron chi connectivity index (χ0n) is 28.8. The fraction of sp³-hybridized carbons (Fsp3) is 0.657. The number of amides is 3. The molecule has 1 atom stereocenters. The van der Waals surface area contributed by atoms with Crippen molar-refractivity contribution in [1.82, 2.24) is 10.2 Å². The molecule has 1 heterocycles. The fourth-order valence-electron chi connectivity index (χ4n) is 4.41. The molecule has 49 heavy (non-hydrogen) atoms. The van der Waals surface area contributed by atoms with Crippen molar-refractivity contribution < 1.29 is 57.1 Å². The van der Waals surface area contributed by atoms with Crippen LogP contribution in [0.1, 0.15) is 26.2 Å². The highest BCUT2D eigenvalue weighted by atomic mass is 16.6. The number of hydrogen-bond donors (Lipinski definition) is 1. The number of imide groups is 1. The van der Waals surface area contributed by atoms with Gasteiger partial charge in [-0.15, -0.1) is 0 Å². The molecule has 1 unspecified atom stereocenters. The number of carbonyl (C=O) groups is 4. The van der Waals surface area contributed by atoms with E-state index < -0.39 is 5.92 Å². The van der Waals surface area contributed by atoms with E-state index in [4.69, 9.17) is 37.9 Å². The van der Waals surface area contributed by atoms with E-state index in [0.717, 1.165) is 5.57 Å². The lowest BCUT2D eigenvalue weighted by Crippen LogP contribution is -2.36. The highest BCUT2D eigenvalue weighted by Gasteiger charge is 2.39. The standard InChI is InChI=1S/C35H54N2O12/c1-30(38)10-13-42-15-17-44-19-21-46-23-25-48-27-28-49-26-24-47-22-20-45-18-16-43-14-11-36-33(39)9-12-37-34(40)29-32(35(37)41)31-7-5-3-2-4-6-8-31/h2-8,32H,9-29H2,1H3,(H,36,39)/b3-2-,4-2?,5-3?,6-4-,7-5?,8-6?,31-7?,31-8?. The minimum atomic E-state index is -0.519. The van der Waals surface area contributed by atoms with Crippen LogP contribution in [0.5, 0.6) is 0 Å². The van der Waals surface area contributed by atoms with E-state index in [0.29, 0.717) is 119 Å². The van der Waals surface area contributed by atoms with Crippen molar-refractivity contribution in [2.45, 2.75) is 26.2 Å². The minimum absolute atomic E-state index is 0.0420. The molecule has 1 aliphatic carbocycles. The number of Topliss-reactive ketones (excluding diaryl/α,β-unsaturated/α-hetero) is 1. The van der Waals surface area contributed by atoms with Gasteiger partial charge in [0.05, 0.1) is 112 Å². The summed E-state index contributed by atoms with van der Waals surface area (Å²) >= 11 is 0. The van der Waals surface area contributed by atoms with Crippen molar-refractivity contribution in [3.8, 4) is 0 Å². The third-order valence-electron chi connectivity index (χ3n) is 7.00. The van der Waals surface area contributed by atoms with Gasteiger partial charge in [0.25, 0.3) is 0 Å². The van der Waals surface area contributed by atoms with Crippen molar-refractivity contribution in [2.24, 2.45) is 5.92 Å². The first-order valence-corrected chi connectivity index (χ1v) is 16.9. The van der Waals surface area contributed by atoms with E-state index in [1.54, 1.807) is 6.92 Å². The van der Waals surface area contributed by atoms with Gasteiger partial charge < -0.3 is 43.2 Å². The molecule has 2 aliphatic rings. The Labute approximate surface area is 289 Å². The van der Waals surface area contributed by atoms with Crippen LogP contribution in [0.25, 0.3) is 0 Å². The summed E-state index contributed by atoms with van der Waals surface area (Å²) in [7, 11) is 0. The van der Waals surface area contributed by atoms with E-state index in [2.05, 4.69) is 5.32 Å². The molecule has 1 saturated heterocycles. The summed E-state index contributed by atoms with van der Waals surface area (Å²) in [4.78, 5) is 49.4. The Hall–Kier alpha value is -3.08. The van der Waals surface area contributed by atoms with E-state index in [9.17, 15) is 19.2 Å². The number of likely N-dealkylation sites (tertiary alicyclic amines) is 1. The lowest BCUT2D eigenvalue weighted by molar-refractivity contribution is -0.139. The second kappa shape index (κ2) is 28.7. The average molecular weight is 695 g/mol. The third kappa shape index (κ3) is 21.6. The topological polar surface area (TPSA) is 157 Å². The van der Waals surface area contributed by atoms with Gasteiger partial charge in [-0.3, -0.25) is 24.1 Å². The molecule has 1 aliphatic heterocycles. The van der Waals surface area contributed by atoms with Crippen molar-refractivity contribution >= 4 is 23.5 Å². The molecule has 1 N–H and O–H groups in total. The van der Waals surface area contributed by atoms with Gasteiger partial charge in [0.2, 0.25) is 17.7 Å². The Bertz CT molecular complexity index is 1070. The van der Waals surface area contributed by atoms with E-state index in [-0.39, 0.29) is 42.9 Å². The van der Waals surface area contributed by atoms with Gasteiger partial charge in [0.1, 0.15) is 5.78 Å². The molecule has 14 heteroatoms. The SMILES string of the molecule is CC(=O)CCOCCOCCOCCOCCOCCOCCOCCOCCNC(=O)CCN1C(=O)CC(C2=C/C=C\C=C/C=C2)C1=O. The highest BCUT2D eigenvalue weighted by Crippen LogP contribution is 2.28. The number of nitrogens with one attached hydrogen (secondary N) is 1. The van der Waals surface area contributed by atoms with Crippen LogP contribution < -0.4 is 5.32 Å². The number of ether oxygens (including phenoxy) is 8. The Morgan fingerprint density at radius 3 is 1.59 bits per heavy atom. The van der Waals surface area contributed by atoms with Gasteiger partial charge in [0, 0.05) is 32.4 Å². The zero-order chi connectivity index (χ0) is 35.2. The number of rotatable bonds is 31. The molecule has 276 valence electrons. The van der Waals surface area contributed by atoms with Crippen LogP contribution in [0.3, 0.4) is 0 Å². The number of allylic oxidation sites excluding steroid dienone is 7. The second-order valence-corrected chi connectivity index (χ2v) is 10.9. The van der Waals surface area contributed by atoms with Gasteiger partial charge >= 0.3 is 0 Å². The Morgan fingerprint density at radius 1 is 0.633 bits per heavy atom. The molecular weight excluding hydrogens is 640 g/mol. The fourth-order valence-corrected chi connectivity index (χ4v) is 4.41. The second-order valence-electron chi connectivity index (χ2n) is 10.9. The number of ketones is 1. The third-order valence-corrected chi connectivity index (χ3v) is 7.00. The zero-order valence-corrected chi connectivity index (χ0v) is 28.8. The first-order valence-electron chi connectivity index (χ1n) is 16.9. The molecule has 14 nitrogen and oxygen atoms in total. The molecule has 0 radical (unpaired) electrons. The first-order chi connectivity index (χ1) is 24.0. The van der Waals surface area contributed by atoms with Gasteiger partial charge in [-0.05, 0) is 12.5 Å². The average Bonchev–Trinajstić information content (AvgIpc) is 3.35. The summed E-state index contributed by atoms with van der Waals surface area (Å²) in [6, 6.07) is 0. The normalized spacial score (nSPS) is 17.2. The summed E-state index contributed by atoms with van der Waals surface area (Å²) in [6.45, 7) is 9.02. The smallest absolute Gasteiger partial charge is 0.237 e. The van der Waals surface area contributed by atoms with Crippen LogP contribution >= 0.6 is 0 Å². The van der Waals surface area contributed by atoms with Gasteiger partial charge in [-0.1, -0.05) is 42.5 Å². The van der Waals surface area contributed by atoms with Crippen molar-refractivity contribution in [3.63, 3.8) is 0 Å². The predicted molar refractivity (Wildman–Crippen MR) is 180 cm³/mol. The lowest BCUT2D eigenvalue weighted by Gasteiger charge is -2.15. The molecule has 0 aromatic heterocycles. The van der Waals surface area contributed by atoms with Gasteiger partial charge in [-0.2, -0.15) is 0 Å². The van der Waals surface area contributed by atoms with Crippen LogP contribution in [0.15, 0.2) is 48.1 Å². The van der Waals surface area contributed by atoms with Crippen LogP contribution in [-0.2, 0) is 57.1 Å². The van der Waals surface area contributed by atoms with Crippen molar-refractivity contribution in [2.75, 3.05) is 119 Å². The first kappa shape index (κ1) is 42.1. The molecular formula is C35H54N2O12. The van der Waals surface area contributed by atoms with Gasteiger partial charge in [0.15, 0.2) is 0 Å². The van der Waals surface area contributed by atoms with Crippen LogP contribution in [-0.4, -0.2) is 147 Å². The maximum Gasteiger partial charge on any atom is 0.237 e. The monoisotopic (exact) mass is 694 g/mol. The lowest BCUT2D eigenvalue weighted by atomic mass is 9.95. The van der Waals surface area contributed by atoms with Crippen LogP contribution in [0.4, 0.5) is 0 Å². The Morgan fingerprint density at radius 2 is 1.08 bits per heavy atom. The number of carbonyl (C=O) groups excluding carboxylic acids is 4. The summed E-state index contributed by atoms with van der Waals surface area (Å²) in [5.41, 5.74) is 0.781. The van der Waals surface area contributed by atoms with E-state index >= 15 is 0 Å². The predicted octanol–water partition coefficient (Wildman–Crippen LogP) is 1.59.